The van der Waals surface area contributed by atoms with Crippen LogP contribution in [0.25, 0.3) is 0 Å². The molecule has 4 heteroatoms. The molecule has 1 atom stereocenters. The van der Waals surface area contributed by atoms with Crippen LogP contribution in [0, 0.1) is 0 Å². The molecule has 1 amide bonds. The molecule has 1 aliphatic heterocycles. The zero-order valence-electron chi connectivity index (χ0n) is 13.3. The Hall–Kier alpha value is -1.39. The van der Waals surface area contributed by atoms with E-state index in [1.54, 1.807) is 0 Å². The Morgan fingerprint density at radius 1 is 1.27 bits per heavy atom. The number of likely N-dealkylation sites (N-methyl/N-ethyl adjacent to an activating group) is 1. The lowest BCUT2D eigenvalue weighted by Gasteiger charge is -2.26. The molecular weight excluding hydrogens is 278 g/mol. The van der Waals surface area contributed by atoms with E-state index in [-0.39, 0.29) is 24.7 Å². The lowest BCUT2D eigenvalue weighted by molar-refractivity contribution is -0.138. The molecule has 4 nitrogen and oxygen atoms in total. The largest absolute Gasteiger partial charge is 0.376 e. The minimum absolute atomic E-state index is 0.0635. The highest BCUT2D eigenvalue weighted by Crippen LogP contribution is 2.24. The average molecular weight is 303 g/mol. The van der Waals surface area contributed by atoms with E-state index < -0.39 is 0 Å². The molecule has 0 radical (unpaired) electrons. The zero-order valence-corrected chi connectivity index (χ0v) is 13.3. The third-order valence-electron chi connectivity index (χ3n) is 4.77. The van der Waals surface area contributed by atoms with Gasteiger partial charge in [-0.05, 0) is 43.2 Å². The molecule has 0 aromatic heterocycles. The molecule has 22 heavy (non-hydrogen) atoms. The van der Waals surface area contributed by atoms with Gasteiger partial charge in [-0.25, -0.2) is 0 Å². The SMILES string of the molecule is CN(C(=O)COC[C@@H]1CCCCO1)C1Cc2ccccc2C1. The lowest BCUT2D eigenvalue weighted by Crippen LogP contribution is -2.40. The maximum absolute atomic E-state index is 12.3. The molecule has 1 saturated heterocycles. The van der Waals surface area contributed by atoms with Crippen molar-refractivity contribution in [2.75, 3.05) is 26.9 Å². The monoisotopic (exact) mass is 303 g/mol. The summed E-state index contributed by atoms with van der Waals surface area (Å²) in [6, 6.07) is 8.71. The van der Waals surface area contributed by atoms with Gasteiger partial charge in [0.15, 0.2) is 0 Å². The minimum Gasteiger partial charge on any atom is -0.376 e. The molecule has 0 N–H and O–H groups in total. The fourth-order valence-corrected chi connectivity index (χ4v) is 3.33. The molecule has 1 aromatic carbocycles. The number of hydrogen-bond donors (Lipinski definition) is 0. The Balaban J connectivity index is 1.42. The van der Waals surface area contributed by atoms with Crippen molar-refractivity contribution in [2.24, 2.45) is 0 Å². The Kier molecular flexibility index (Phi) is 5.11. The minimum atomic E-state index is 0.0635. The lowest BCUT2D eigenvalue weighted by atomic mass is 10.1. The maximum Gasteiger partial charge on any atom is 0.248 e. The summed E-state index contributed by atoms with van der Waals surface area (Å²) in [5.74, 6) is 0.0635. The number of amides is 1. The molecule has 3 rings (SSSR count). The normalized spacial score (nSPS) is 21.6. The Bertz CT molecular complexity index is 486. The average Bonchev–Trinajstić information content (AvgIpc) is 2.99. The van der Waals surface area contributed by atoms with Gasteiger partial charge in [-0.2, -0.15) is 0 Å². The third kappa shape index (κ3) is 3.68. The molecule has 2 aliphatic rings. The Morgan fingerprint density at radius 2 is 2.00 bits per heavy atom. The summed E-state index contributed by atoms with van der Waals surface area (Å²) in [5.41, 5.74) is 2.73. The molecule has 0 spiro atoms. The summed E-state index contributed by atoms with van der Waals surface area (Å²) >= 11 is 0. The summed E-state index contributed by atoms with van der Waals surface area (Å²) < 4.78 is 11.2. The van der Waals surface area contributed by atoms with Gasteiger partial charge in [0.2, 0.25) is 5.91 Å². The summed E-state index contributed by atoms with van der Waals surface area (Å²) in [5, 5.41) is 0. The number of ether oxygens (including phenoxy) is 2. The molecule has 1 aromatic rings. The van der Waals surface area contributed by atoms with Crippen molar-refractivity contribution in [3.8, 4) is 0 Å². The first-order valence-electron chi connectivity index (χ1n) is 8.26. The summed E-state index contributed by atoms with van der Waals surface area (Å²) in [7, 11) is 1.89. The van der Waals surface area contributed by atoms with Crippen LogP contribution in [0.4, 0.5) is 0 Å². The third-order valence-corrected chi connectivity index (χ3v) is 4.77. The van der Waals surface area contributed by atoms with E-state index in [1.807, 2.05) is 11.9 Å². The van der Waals surface area contributed by atoms with Crippen molar-refractivity contribution in [3.05, 3.63) is 35.4 Å². The van der Waals surface area contributed by atoms with E-state index in [0.717, 1.165) is 32.3 Å². The van der Waals surface area contributed by atoms with Gasteiger partial charge in [0.1, 0.15) is 6.61 Å². The predicted molar refractivity (Wildman–Crippen MR) is 84.8 cm³/mol. The van der Waals surface area contributed by atoms with E-state index >= 15 is 0 Å². The highest BCUT2D eigenvalue weighted by atomic mass is 16.5. The molecule has 120 valence electrons. The highest BCUT2D eigenvalue weighted by molar-refractivity contribution is 5.77. The van der Waals surface area contributed by atoms with Crippen LogP contribution in [0.15, 0.2) is 24.3 Å². The van der Waals surface area contributed by atoms with Gasteiger partial charge < -0.3 is 14.4 Å². The van der Waals surface area contributed by atoms with Gasteiger partial charge in [0.05, 0.1) is 12.7 Å². The first-order chi connectivity index (χ1) is 10.7. The predicted octanol–water partition coefficient (Wildman–Crippen LogP) is 2.20. The second kappa shape index (κ2) is 7.25. The number of hydrogen-bond acceptors (Lipinski definition) is 3. The number of benzene rings is 1. The first kappa shape index (κ1) is 15.5. The summed E-state index contributed by atoms with van der Waals surface area (Å²) in [4.78, 5) is 14.1. The van der Waals surface area contributed by atoms with Gasteiger partial charge in [-0.15, -0.1) is 0 Å². The maximum atomic E-state index is 12.3. The van der Waals surface area contributed by atoms with E-state index in [9.17, 15) is 4.79 Å². The molecule has 0 saturated carbocycles. The van der Waals surface area contributed by atoms with Crippen molar-refractivity contribution in [3.63, 3.8) is 0 Å². The zero-order chi connectivity index (χ0) is 15.4. The number of carbonyl (C=O) groups is 1. The quantitative estimate of drug-likeness (QED) is 0.837. The molecule has 1 aliphatic carbocycles. The molecule has 0 bridgehead atoms. The Labute approximate surface area is 132 Å². The fourth-order valence-electron chi connectivity index (χ4n) is 3.33. The van der Waals surface area contributed by atoms with Gasteiger partial charge in [0, 0.05) is 19.7 Å². The van der Waals surface area contributed by atoms with Crippen LogP contribution in [0.3, 0.4) is 0 Å². The standard InChI is InChI=1S/C18H25NO3/c1-19(16-10-14-6-2-3-7-15(14)11-16)18(20)13-21-12-17-8-4-5-9-22-17/h2-3,6-7,16-17H,4-5,8-13H2,1H3/t17-/m0/s1. The van der Waals surface area contributed by atoms with Crippen LogP contribution in [0.5, 0.6) is 0 Å². The topological polar surface area (TPSA) is 38.8 Å². The molecular formula is C18H25NO3. The van der Waals surface area contributed by atoms with Crippen LogP contribution >= 0.6 is 0 Å². The van der Waals surface area contributed by atoms with Crippen LogP contribution in [-0.4, -0.2) is 49.8 Å². The number of fused-ring (bicyclic) bond motifs is 1. The van der Waals surface area contributed by atoms with Crippen LogP contribution < -0.4 is 0 Å². The summed E-state index contributed by atoms with van der Waals surface area (Å²) in [6.07, 6.45) is 5.45. The molecule has 1 heterocycles. The van der Waals surface area contributed by atoms with Gasteiger partial charge in [-0.1, -0.05) is 24.3 Å². The van der Waals surface area contributed by atoms with Crippen molar-refractivity contribution >= 4 is 5.91 Å². The summed E-state index contributed by atoms with van der Waals surface area (Å²) in [6.45, 7) is 1.51. The van der Waals surface area contributed by atoms with Crippen molar-refractivity contribution in [1.29, 1.82) is 0 Å². The number of rotatable bonds is 5. The van der Waals surface area contributed by atoms with Crippen LogP contribution in [0.1, 0.15) is 30.4 Å². The smallest absolute Gasteiger partial charge is 0.248 e. The number of carbonyl (C=O) groups excluding carboxylic acids is 1. The van der Waals surface area contributed by atoms with Crippen LogP contribution in [0.2, 0.25) is 0 Å². The van der Waals surface area contributed by atoms with Crippen molar-refractivity contribution in [2.45, 2.75) is 44.2 Å². The van der Waals surface area contributed by atoms with Gasteiger partial charge >= 0.3 is 0 Å². The van der Waals surface area contributed by atoms with E-state index in [2.05, 4.69) is 24.3 Å². The van der Waals surface area contributed by atoms with Crippen molar-refractivity contribution in [1.82, 2.24) is 4.90 Å². The van der Waals surface area contributed by atoms with Crippen LogP contribution in [-0.2, 0) is 27.1 Å². The van der Waals surface area contributed by atoms with E-state index in [4.69, 9.17) is 9.47 Å². The van der Waals surface area contributed by atoms with Gasteiger partial charge in [0.25, 0.3) is 0 Å². The highest BCUT2D eigenvalue weighted by Gasteiger charge is 2.27. The molecule has 0 unspecified atom stereocenters. The Morgan fingerprint density at radius 3 is 2.64 bits per heavy atom. The second-order valence-electron chi connectivity index (χ2n) is 6.34. The fraction of sp³-hybridized carbons (Fsp3) is 0.611. The second-order valence-corrected chi connectivity index (χ2v) is 6.34. The van der Waals surface area contributed by atoms with E-state index in [0.29, 0.717) is 6.61 Å². The van der Waals surface area contributed by atoms with E-state index in [1.165, 1.54) is 17.5 Å². The number of nitrogens with zero attached hydrogens (tertiary/aromatic N) is 1. The molecule has 1 fully saturated rings. The first-order valence-corrected chi connectivity index (χ1v) is 8.26. The van der Waals surface area contributed by atoms with Crippen molar-refractivity contribution < 1.29 is 14.3 Å². The van der Waals surface area contributed by atoms with Gasteiger partial charge in [-0.3, -0.25) is 4.79 Å².